The van der Waals surface area contributed by atoms with Crippen molar-refractivity contribution in [1.82, 2.24) is 0 Å². The van der Waals surface area contributed by atoms with E-state index < -0.39 is 0 Å². The molecule has 1 aliphatic rings. The summed E-state index contributed by atoms with van der Waals surface area (Å²) in [6.07, 6.45) is 11.0. The minimum atomic E-state index is 0.127. The van der Waals surface area contributed by atoms with Crippen molar-refractivity contribution in [3.05, 3.63) is 83.4 Å². The van der Waals surface area contributed by atoms with Crippen molar-refractivity contribution in [3.63, 3.8) is 0 Å². The molecule has 1 heteroatoms. The Balaban J connectivity index is 2.12. The van der Waals surface area contributed by atoms with Crippen LogP contribution in [-0.4, -0.2) is 0 Å². The Morgan fingerprint density at radius 2 is 1.46 bits per heavy atom. The molecule has 0 nitrogen and oxygen atoms in total. The number of rotatable bonds is 8. The third-order valence-electron chi connectivity index (χ3n) is 5.25. The van der Waals surface area contributed by atoms with Gasteiger partial charge in [0, 0.05) is 9.89 Å². The molecule has 124 valence electrons. The molecule has 0 amide bonds. The average Bonchev–Trinajstić information content (AvgIpc) is 2.86. The van der Waals surface area contributed by atoms with Crippen LogP contribution >= 0.6 is 15.9 Å². The largest absolute Gasteiger partial charge is 0.103 e. The van der Waals surface area contributed by atoms with Crippen LogP contribution in [-0.2, 0) is 5.41 Å². The summed E-state index contributed by atoms with van der Waals surface area (Å²) >= 11 is 3.69. The van der Waals surface area contributed by atoms with Crippen molar-refractivity contribution in [2.75, 3.05) is 0 Å². The zero-order valence-electron chi connectivity index (χ0n) is 14.2. The number of halogens is 1. The fourth-order valence-electron chi connectivity index (χ4n) is 4.19. The molecule has 0 spiro atoms. The molecular formula is C23H25Br. The predicted octanol–water partition coefficient (Wildman–Crippen LogP) is 7.43. The number of benzene rings is 2. The van der Waals surface area contributed by atoms with Crippen LogP contribution < -0.4 is 0 Å². The SMILES string of the molecule is C=CCCCC1(CCCC=C)c2ccccc2-c2ccc(Br)cc21. The van der Waals surface area contributed by atoms with Gasteiger partial charge in [-0.25, -0.2) is 0 Å². The standard InChI is InChI=1S/C23H25Br/c1-3-5-9-15-23(16-10-6-4-2)21-12-8-7-11-19(21)20-14-13-18(24)17-22(20)23/h3-4,7-8,11-14,17H,1-2,5-6,9-10,15-16H2. The van der Waals surface area contributed by atoms with Crippen LogP contribution in [0.1, 0.15) is 49.7 Å². The lowest BCUT2D eigenvalue weighted by Gasteiger charge is -2.32. The van der Waals surface area contributed by atoms with Crippen LogP contribution in [0, 0.1) is 0 Å². The lowest BCUT2D eigenvalue weighted by Crippen LogP contribution is -2.25. The van der Waals surface area contributed by atoms with Gasteiger partial charge in [0.25, 0.3) is 0 Å². The molecule has 0 fully saturated rings. The van der Waals surface area contributed by atoms with Crippen LogP contribution in [0.5, 0.6) is 0 Å². The number of unbranched alkanes of at least 4 members (excludes halogenated alkanes) is 2. The maximum atomic E-state index is 3.90. The van der Waals surface area contributed by atoms with E-state index in [1.165, 1.54) is 52.4 Å². The van der Waals surface area contributed by atoms with Crippen LogP contribution in [0.4, 0.5) is 0 Å². The fourth-order valence-corrected chi connectivity index (χ4v) is 4.55. The van der Waals surface area contributed by atoms with E-state index in [1.54, 1.807) is 0 Å². The molecule has 0 N–H and O–H groups in total. The lowest BCUT2D eigenvalue weighted by atomic mass is 9.71. The zero-order chi connectivity index (χ0) is 17.0. The Hall–Kier alpha value is -1.60. The molecular weight excluding hydrogens is 356 g/mol. The van der Waals surface area contributed by atoms with Gasteiger partial charge in [0.15, 0.2) is 0 Å². The van der Waals surface area contributed by atoms with E-state index >= 15 is 0 Å². The normalized spacial score (nSPS) is 14.0. The number of hydrogen-bond donors (Lipinski definition) is 0. The van der Waals surface area contributed by atoms with Gasteiger partial charge in [-0.2, -0.15) is 0 Å². The first-order valence-electron chi connectivity index (χ1n) is 8.84. The highest BCUT2D eigenvalue weighted by molar-refractivity contribution is 9.10. The van der Waals surface area contributed by atoms with Crippen molar-refractivity contribution in [3.8, 4) is 11.1 Å². The minimum absolute atomic E-state index is 0.127. The van der Waals surface area contributed by atoms with Gasteiger partial charge >= 0.3 is 0 Å². The summed E-state index contributed by atoms with van der Waals surface area (Å²) in [6, 6.07) is 15.8. The van der Waals surface area contributed by atoms with E-state index in [0.29, 0.717) is 0 Å². The Morgan fingerprint density at radius 3 is 2.12 bits per heavy atom. The number of fused-ring (bicyclic) bond motifs is 3. The van der Waals surface area contributed by atoms with E-state index in [2.05, 4.69) is 71.6 Å². The van der Waals surface area contributed by atoms with Crippen molar-refractivity contribution in [2.45, 2.75) is 43.9 Å². The highest BCUT2D eigenvalue weighted by Crippen LogP contribution is 2.54. The van der Waals surface area contributed by atoms with Gasteiger partial charge in [-0.15, -0.1) is 13.2 Å². The summed E-state index contributed by atoms with van der Waals surface area (Å²) in [6.45, 7) is 7.81. The monoisotopic (exact) mass is 380 g/mol. The lowest BCUT2D eigenvalue weighted by molar-refractivity contribution is 0.422. The topological polar surface area (TPSA) is 0 Å². The van der Waals surface area contributed by atoms with E-state index in [1.807, 2.05) is 12.2 Å². The van der Waals surface area contributed by atoms with Gasteiger partial charge in [-0.3, -0.25) is 0 Å². The van der Waals surface area contributed by atoms with E-state index in [4.69, 9.17) is 0 Å². The molecule has 1 aliphatic carbocycles. The van der Waals surface area contributed by atoms with Crippen LogP contribution in [0.15, 0.2) is 72.2 Å². The molecule has 24 heavy (non-hydrogen) atoms. The zero-order valence-corrected chi connectivity index (χ0v) is 15.8. The van der Waals surface area contributed by atoms with Crippen molar-refractivity contribution >= 4 is 15.9 Å². The molecule has 0 saturated heterocycles. The second kappa shape index (κ2) is 7.53. The van der Waals surface area contributed by atoms with E-state index in [9.17, 15) is 0 Å². The number of allylic oxidation sites excluding steroid dienone is 2. The van der Waals surface area contributed by atoms with Gasteiger partial charge < -0.3 is 0 Å². The first kappa shape index (κ1) is 17.2. The summed E-state index contributed by atoms with van der Waals surface area (Å²) in [5.41, 5.74) is 5.95. The first-order valence-corrected chi connectivity index (χ1v) is 9.64. The summed E-state index contributed by atoms with van der Waals surface area (Å²) in [7, 11) is 0. The highest BCUT2D eigenvalue weighted by atomic mass is 79.9. The molecule has 0 atom stereocenters. The smallest absolute Gasteiger partial charge is 0.0215 e. The van der Waals surface area contributed by atoms with Gasteiger partial charge in [0.05, 0.1) is 0 Å². The summed E-state index contributed by atoms with van der Waals surface area (Å²) in [5, 5.41) is 0. The molecule has 2 aromatic rings. The minimum Gasteiger partial charge on any atom is -0.103 e. The Bertz CT molecular complexity index is 727. The Labute approximate surface area is 154 Å². The molecule has 0 radical (unpaired) electrons. The molecule has 0 unspecified atom stereocenters. The summed E-state index contributed by atoms with van der Waals surface area (Å²) in [5.74, 6) is 0. The Kier molecular flexibility index (Phi) is 5.40. The Morgan fingerprint density at radius 1 is 0.833 bits per heavy atom. The van der Waals surface area contributed by atoms with Crippen molar-refractivity contribution in [1.29, 1.82) is 0 Å². The molecule has 2 aromatic carbocycles. The van der Waals surface area contributed by atoms with Crippen molar-refractivity contribution < 1.29 is 0 Å². The maximum Gasteiger partial charge on any atom is 0.0215 e. The molecule has 3 rings (SSSR count). The maximum absolute atomic E-state index is 3.90. The molecule has 0 heterocycles. The van der Waals surface area contributed by atoms with Gasteiger partial charge in [0.2, 0.25) is 0 Å². The second-order valence-electron chi connectivity index (χ2n) is 6.68. The second-order valence-corrected chi connectivity index (χ2v) is 7.60. The quantitative estimate of drug-likeness (QED) is 0.329. The van der Waals surface area contributed by atoms with Crippen LogP contribution in [0.2, 0.25) is 0 Å². The van der Waals surface area contributed by atoms with Crippen LogP contribution in [0.3, 0.4) is 0 Å². The molecule has 0 saturated carbocycles. The summed E-state index contributed by atoms with van der Waals surface area (Å²) in [4.78, 5) is 0. The van der Waals surface area contributed by atoms with E-state index in [-0.39, 0.29) is 5.41 Å². The third-order valence-corrected chi connectivity index (χ3v) is 5.75. The summed E-state index contributed by atoms with van der Waals surface area (Å²) < 4.78 is 1.17. The molecule has 0 bridgehead atoms. The highest BCUT2D eigenvalue weighted by Gasteiger charge is 2.41. The third kappa shape index (κ3) is 3.02. The average molecular weight is 381 g/mol. The van der Waals surface area contributed by atoms with E-state index in [0.717, 1.165) is 12.8 Å². The van der Waals surface area contributed by atoms with Gasteiger partial charge in [-0.1, -0.05) is 58.4 Å². The van der Waals surface area contributed by atoms with Crippen LogP contribution in [0.25, 0.3) is 11.1 Å². The van der Waals surface area contributed by atoms with Gasteiger partial charge in [-0.05, 0) is 72.9 Å². The molecule has 0 aliphatic heterocycles. The fraction of sp³-hybridized carbons (Fsp3) is 0.304. The predicted molar refractivity (Wildman–Crippen MR) is 108 cm³/mol. The van der Waals surface area contributed by atoms with Gasteiger partial charge in [0.1, 0.15) is 0 Å². The number of hydrogen-bond acceptors (Lipinski definition) is 0. The first-order chi connectivity index (χ1) is 11.7. The molecule has 0 aromatic heterocycles. The van der Waals surface area contributed by atoms with Crippen molar-refractivity contribution in [2.24, 2.45) is 0 Å².